The lowest BCUT2D eigenvalue weighted by molar-refractivity contribution is 1.18. The molecule has 0 unspecified atom stereocenters. The fourth-order valence-corrected chi connectivity index (χ4v) is 8.57. The van der Waals surface area contributed by atoms with Gasteiger partial charge in [-0.05, 0) is 101 Å². The Morgan fingerprint density at radius 2 is 0.845 bits per heavy atom. The van der Waals surface area contributed by atoms with E-state index in [0.717, 1.165) is 44.8 Å². The number of hydrogen-bond donors (Lipinski definition) is 0. The average molecular weight is 738 g/mol. The minimum Gasteiger partial charge on any atom is -0.264 e. The van der Waals surface area contributed by atoms with E-state index < -0.39 is 0 Å². The molecule has 0 bridgehead atoms. The Hall–Kier alpha value is -7.75. The quantitative estimate of drug-likeness (QED) is 0.160. The lowest BCUT2D eigenvalue weighted by Gasteiger charge is -2.19. The number of aromatic nitrogens is 3. The molecule has 0 N–H and O–H groups in total. The molecule has 9 aromatic carbocycles. The number of fused-ring (bicyclic) bond motifs is 4. The molecule has 58 heavy (non-hydrogen) atoms. The Morgan fingerprint density at radius 3 is 1.57 bits per heavy atom. The van der Waals surface area contributed by atoms with E-state index in [1.54, 1.807) is 6.20 Å². The summed E-state index contributed by atoms with van der Waals surface area (Å²) in [5, 5.41) is 9.73. The molecule has 270 valence electrons. The lowest BCUT2D eigenvalue weighted by Crippen LogP contribution is -1.97. The van der Waals surface area contributed by atoms with Crippen molar-refractivity contribution in [3.05, 3.63) is 213 Å². The van der Waals surface area contributed by atoms with Gasteiger partial charge in [0.05, 0.1) is 11.4 Å². The Balaban J connectivity index is 1.10. The van der Waals surface area contributed by atoms with E-state index in [1.165, 1.54) is 59.8 Å². The van der Waals surface area contributed by atoms with Gasteiger partial charge in [-0.1, -0.05) is 176 Å². The molecular weight excluding hydrogens is 703 g/mol. The van der Waals surface area contributed by atoms with E-state index in [0.29, 0.717) is 5.82 Å². The summed E-state index contributed by atoms with van der Waals surface area (Å²) < 4.78 is 0. The number of nitrogens with zero attached hydrogens (tertiary/aromatic N) is 3. The summed E-state index contributed by atoms with van der Waals surface area (Å²) in [7, 11) is 0. The molecule has 0 fully saturated rings. The van der Waals surface area contributed by atoms with Crippen LogP contribution in [0.1, 0.15) is 0 Å². The number of rotatable bonds is 6. The van der Waals surface area contributed by atoms with Gasteiger partial charge in [0.2, 0.25) is 0 Å². The largest absolute Gasteiger partial charge is 0.264 e. The molecule has 0 saturated heterocycles. The topological polar surface area (TPSA) is 38.7 Å². The molecule has 0 spiro atoms. The third-order valence-electron chi connectivity index (χ3n) is 11.3. The summed E-state index contributed by atoms with van der Waals surface area (Å²) in [4.78, 5) is 14.9. The zero-order valence-electron chi connectivity index (χ0n) is 31.5. The molecule has 0 aliphatic rings. The first-order valence-electron chi connectivity index (χ1n) is 19.7. The zero-order valence-corrected chi connectivity index (χ0v) is 31.5. The highest BCUT2D eigenvalue weighted by molar-refractivity contribution is 6.23. The second-order valence-electron chi connectivity index (χ2n) is 14.8. The summed E-state index contributed by atoms with van der Waals surface area (Å²) in [6, 6.07) is 71.5. The molecule has 3 nitrogen and oxygen atoms in total. The molecule has 0 amide bonds. The Morgan fingerprint density at radius 1 is 0.293 bits per heavy atom. The third-order valence-corrected chi connectivity index (χ3v) is 11.3. The number of pyridine rings is 1. The van der Waals surface area contributed by atoms with E-state index in [1.807, 2.05) is 12.3 Å². The molecule has 2 aromatic heterocycles. The van der Waals surface area contributed by atoms with E-state index >= 15 is 0 Å². The minimum absolute atomic E-state index is 0.680. The maximum atomic E-state index is 5.29. The predicted molar refractivity (Wildman–Crippen MR) is 242 cm³/mol. The van der Waals surface area contributed by atoms with Gasteiger partial charge in [-0.25, -0.2) is 9.97 Å². The summed E-state index contributed by atoms with van der Waals surface area (Å²) in [6.07, 6.45) is 3.70. The van der Waals surface area contributed by atoms with Crippen molar-refractivity contribution in [3.63, 3.8) is 0 Å². The van der Waals surface area contributed by atoms with Crippen LogP contribution in [-0.2, 0) is 0 Å². The number of hydrogen-bond acceptors (Lipinski definition) is 3. The number of benzene rings is 9. The van der Waals surface area contributed by atoms with Crippen molar-refractivity contribution in [2.45, 2.75) is 0 Å². The maximum absolute atomic E-state index is 5.29. The summed E-state index contributed by atoms with van der Waals surface area (Å²) in [5.41, 5.74) is 11.8. The van der Waals surface area contributed by atoms with Gasteiger partial charge in [-0.3, -0.25) is 4.98 Å². The predicted octanol–water partition coefficient (Wildman–Crippen LogP) is 14.5. The molecule has 2 heterocycles. The van der Waals surface area contributed by atoms with Crippen LogP contribution in [0, 0.1) is 0 Å². The van der Waals surface area contributed by atoms with Gasteiger partial charge in [-0.15, -0.1) is 0 Å². The first-order valence-corrected chi connectivity index (χ1v) is 19.7. The average Bonchev–Trinajstić information content (AvgIpc) is 3.30. The summed E-state index contributed by atoms with van der Waals surface area (Å²) in [5.74, 6) is 0.680. The Labute approximate surface area is 336 Å². The summed E-state index contributed by atoms with van der Waals surface area (Å²) >= 11 is 0. The maximum Gasteiger partial charge on any atom is 0.160 e. The van der Waals surface area contributed by atoms with Crippen molar-refractivity contribution in [2.24, 2.45) is 0 Å². The second kappa shape index (κ2) is 14.1. The van der Waals surface area contributed by atoms with Crippen molar-refractivity contribution in [2.75, 3.05) is 0 Å². The van der Waals surface area contributed by atoms with Crippen LogP contribution in [0.3, 0.4) is 0 Å². The van der Waals surface area contributed by atoms with Crippen molar-refractivity contribution < 1.29 is 0 Å². The molecule has 0 saturated carbocycles. The molecule has 0 aliphatic heterocycles. The Kier molecular flexibility index (Phi) is 8.15. The second-order valence-corrected chi connectivity index (χ2v) is 14.8. The molecule has 0 aliphatic carbocycles. The van der Waals surface area contributed by atoms with E-state index in [2.05, 4.69) is 199 Å². The van der Waals surface area contributed by atoms with Gasteiger partial charge in [0.1, 0.15) is 0 Å². The molecular formula is C55H35N3. The standard InChI is InChI=1S/C55H35N3/c1-2-14-40-32-41(30-27-36(40)12-1)52-34-51(39-28-25-37(26-29-39)44-18-11-31-56-35-44)57-55(58-52)43-17-9-16-42(33-43)53-47-20-5-7-22-49(47)54(50-23-8-6-21-48(50)53)46-24-10-15-38-13-3-4-19-45(38)46/h1-35H. The van der Waals surface area contributed by atoms with Crippen molar-refractivity contribution in [1.82, 2.24) is 15.0 Å². The van der Waals surface area contributed by atoms with Crippen LogP contribution in [0.2, 0.25) is 0 Å². The van der Waals surface area contributed by atoms with Crippen LogP contribution in [-0.4, -0.2) is 15.0 Å². The van der Waals surface area contributed by atoms with Crippen LogP contribution >= 0.6 is 0 Å². The smallest absolute Gasteiger partial charge is 0.160 e. The third kappa shape index (κ3) is 5.89. The van der Waals surface area contributed by atoms with Gasteiger partial charge >= 0.3 is 0 Å². The SMILES string of the molecule is c1cncc(-c2ccc(-c3cc(-c4ccc5ccccc5c4)nc(-c4cccc(-c5c6ccccc6c(-c6cccc7ccccc67)c6ccccc56)c4)n3)cc2)c1. The van der Waals surface area contributed by atoms with Crippen LogP contribution < -0.4 is 0 Å². The Bertz CT molecular complexity index is 3270. The van der Waals surface area contributed by atoms with Gasteiger partial charge in [0.15, 0.2) is 5.82 Å². The van der Waals surface area contributed by atoms with E-state index in [-0.39, 0.29) is 0 Å². The highest BCUT2D eigenvalue weighted by atomic mass is 14.9. The van der Waals surface area contributed by atoms with Gasteiger partial charge in [-0.2, -0.15) is 0 Å². The molecule has 11 rings (SSSR count). The highest BCUT2D eigenvalue weighted by Gasteiger charge is 2.19. The van der Waals surface area contributed by atoms with Crippen LogP contribution in [0.5, 0.6) is 0 Å². The van der Waals surface area contributed by atoms with E-state index in [9.17, 15) is 0 Å². The minimum atomic E-state index is 0.680. The van der Waals surface area contributed by atoms with Crippen molar-refractivity contribution in [3.8, 4) is 67.3 Å². The van der Waals surface area contributed by atoms with Crippen LogP contribution in [0.4, 0.5) is 0 Å². The van der Waals surface area contributed by atoms with Crippen LogP contribution in [0.25, 0.3) is 110 Å². The lowest BCUT2D eigenvalue weighted by atomic mass is 9.84. The normalized spacial score (nSPS) is 11.4. The highest BCUT2D eigenvalue weighted by Crippen LogP contribution is 2.45. The van der Waals surface area contributed by atoms with Gasteiger partial charge in [0, 0.05) is 29.1 Å². The van der Waals surface area contributed by atoms with Gasteiger partial charge in [0.25, 0.3) is 0 Å². The fourth-order valence-electron chi connectivity index (χ4n) is 8.57. The monoisotopic (exact) mass is 737 g/mol. The molecule has 11 aromatic rings. The van der Waals surface area contributed by atoms with Crippen molar-refractivity contribution >= 4 is 43.1 Å². The van der Waals surface area contributed by atoms with Crippen molar-refractivity contribution in [1.29, 1.82) is 0 Å². The molecule has 3 heteroatoms. The summed E-state index contributed by atoms with van der Waals surface area (Å²) in [6.45, 7) is 0. The van der Waals surface area contributed by atoms with Crippen LogP contribution in [0.15, 0.2) is 213 Å². The molecule has 0 atom stereocenters. The van der Waals surface area contributed by atoms with E-state index in [4.69, 9.17) is 9.97 Å². The van der Waals surface area contributed by atoms with Gasteiger partial charge < -0.3 is 0 Å². The fraction of sp³-hybridized carbons (Fsp3) is 0. The first-order chi connectivity index (χ1) is 28.7. The zero-order chi connectivity index (χ0) is 38.4. The first kappa shape index (κ1) is 33.6. The molecule has 0 radical (unpaired) electrons.